The number of benzene rings is 2. The summed E-state index contributed by atoms with van der Waals surface area (Å²) in [5.74, 6) is -0.456. The van der Waals surface area contributed by atoms with Crippen LogP contribution in [0.25, 0.3) is 0 Å². The second-order valence-electron chi connectivity index (χ2n) is 9.90. The molecule has 0 spiro atoms. The highest BCUT2D eigenvalue weighted by Gasteiger charge is 2.40. The number of likely N-dealkylation sites (N-methyl/N-ethyl adjacent to an activating group) is 1. The standard InChI is InChI=1S/C27H35ClN4O4.H2S/c1-27(36,19-6-4-3-5-7-19)26(35)31-12-10-22(11-13-31)32-17-21(18-32)29-20-8-9-23(24(28)16-20)25(34)30(2)14-15-33;/h3-9,16,21-22,29,33,36H,10-15,17-18H2,1-2H3;1H2/t27-;/m0./s1. The Morgan fingerprint density at radius 2 is 1.78 bits per heavy atom. The van der Waals surface area contributed by atoms with Gasteiger partial charge in [0.2, 0.25) is 0 Å². The number of aliphatic hydroxyl groups excluding tert-OH is 1. The maximum atomic E-state index is 13.0. The summed E-state index contributed by atoms with van der Waals surface area (Å²) in [6.07, 6.45) is 1.76. The van der Waals surface area contributed by atoms with Gasteiger partial charge in [-0.3, -0.25) is 14.5 Å². The molecule has 2 amide bonds. The SMILES string of the molecule is CN(CCO)C(=O)c1ccc(NC2CN(C3CCN(C(=O)[C@@](C)(O)c4ccccc4)CC3)C2)cc1Cl.S. The monoisotopic (exact) mass is 548 g/mol. The topological polar surface area (TPSA) is 96.4 Å². The first kappa shape index (κ1) is 29.3. The number of nitrogens with zero attached hydrogens (tertiary/aromatic N) is 3. The number of likely N-dealkylation sites (tertiary alicyclic amines) is 2. The molecule has 202 valence electrons. The number of carbonyl (C=O) groups is 2. The van der Waals surface area contributed by atoms with Gasteiger partial charge in [-0.15, -0.1) is 0 Å². The quantitative estimate of drug-likeness (QED) is 0.469. The average molecular weight is 549 g/mol. The molecule has 0 bridgehead atoms. The third kappa shape index (κ3) is 6.59. The second-order valence-corrected chi connectivity index (χ2v) is 10.3. The Labute approximate surface area is 230 Å². The number of rotatable bonds is 8. The fourth-order valence-electron chi connectivity index (χ4n) is 5.00. The van der Waals surface area contributed by atoms with Crippen molar-refractivity contribution in [3.63, 3.8) is 0 Å². The molecule has 10 heteroatoms. The van der Waals surface area contributed by atoms with E-state index in [4.69, 9.17) is 16.7 Å². The number of piperidine rings is 1. The van der Waals surface area contributed by atoms with E-state index in [9.17, 15) is 14.7 Å². The van der Waals surface area contributed by atoms with Gasteiger partial charge in [-0.1, -0.05) is 41.9 Å². The normalized spacial score (nSPS) is 18.4. The Kier molecular flexibility index (Phi) is 9.88. The third-order valence-corrected chi connectivity index (χ3v) is 7.60. The molecule has 0 unspecified atom stereocenters. The van der Waals surface area contributed by atoms with Gasteiger partial charge in [0.05, 0.1) is 23.2 Å². The molecule has 4 rings (SSSR count). The lowest BCUT2D eigenvalue weighted by Gasteiger charge is -2.48. The number of nitrogens with one attached hydrogen (secondary N) is 1. The lowest BCUT2D eigenvalue weighted by molar-refractivity contribution is -0.152. The minimum atomic E-state index is -1.52. The summed E-state index contributed by atoms with van der Waals surface area (Å²) in [6.45, 7) is 4.81. The van der Waals surface area contributed by atoms with Crippen molar-refractivity contribution in [3.8, 4) is 0 Å². The van der Waals surface area contributed by atoms with E-state index in [1.54, 1.807) is 43.1 Å². The Bertz CT molecular complexity index is 1070. The van der Waals surface area contributed by atoms with E-state index in [2.05, 4.69) is 10.2 Å². The van der Waals surface area contributed by atoms with Gasteiger partial charge in [0.1, 0.15) is 0 Å². The second kappa shape index (κ2) is 12.5. The van der Waals surface area contributed by atoms with Crippen LogP contribution in [0.5, 0.6) is 0 Å². The van der Waals surface area contributed by atoms with Crippen LogP contribution in [0.15, 0.2) is 48.5 Å². The van der Waals surface area contributed by atoms with Crippen LogP contribution in [-0.2, 0) is 10.4 Å². The molecule has 0 aliphatic carbocycles. The summed E-state index contributed by atoms with van der Waals surface area (Å²) in [7, 11) is 1.64. The van der Waals surface area contributed by atoms with Crippen LogP contribution in [-0.4, -0.2) is 95.2 Å². The summed E-state index contributed by atoms with van der Waals surface area (Å²) < 4.78 is 0. The molecule has 2 aliphatic heterocycles. The minimum Gasteiger partial charge on any atom is -0.395 e. The number of aliphatic hydroxyl groups is 2. The van der Waals surface area contributed by atoms with Gasteiger partial charge in [-0.05, 0) is 43.5 Å². The molecule has 8 nitrogen and oxygen atoms in total. The number of hydrogen-bond donors (Lipinski definition) is 3. The van der Waals surface area contributed by atoms with E-state index in [1.807, 2.05) is 24.3 Å². The first-order chi connectivity index (χ1) is 17.2. The molecule has 2 aromatic carbocycles. The summed E-state index contributed by atoms with van der Waals surface area (Å²) in [5, 5.41) is 23.8. The summed E-state index contributed by atoms with van der Waals surface area (Å²) >= 11 is 6.36. The largest absolute Gasteiger partial charge is 0.395 e. The van der Waals surface area contributed by atoms with E-state index in [1.165, 1.54) is 4.90 Å². The van der Waals surface area contributed by atoms with Gasteiger partial charge in [-0.25, -0.2) is 0 Å². The molecule has 0 saturated carbocycles. The van der Waals surface area contributed by atoms with Gasteiger partial charge < -0.3 is 25.3 Å². The molecule has 0 aromatic heterocycles. The molecule has 37 heavy (non-hydrogen) atoms. The van der Waals surface area contributed by atoms with Gasteiger partial charge in [-0.2, -0.15) is 13.5 Å². The van der Waals surface area contributed by atoms with Gasteiger partial charge in [0, 0.05) is 51.5 Å². The highest BCUT2D eigenvalue weighted by atomic mass is 35.5. The maximum Gasteiger partial charge on any atom is 0.258 e. The molecular formula is C27H37ClN4O4S. The van der Waals surface area contributed by atoms with Crippen molar-refractivity contribution in [1.29, 1.82) is 0 Å². The van der Waals surface area contributed by atoms with Gasteiger partial charge in [0.15, 0.2) is 5.60 Å². The van der Waals surface area contributed by atoms with Gasteiger partial charge >= 0.3 is 0 Å². The Morgan fingerprint density at radius 3 is 2.38 bits per heavy atom. The summed E-state index contributed by atoms with van der Waals surface area (Å²) in [5.41, 5.74) is 0.384. The van der Waals surface area contributed by atoms with E-state index in [-0.39, 0.29) is 44.5 Å². The average Bonchev–Trinajstić information content (AvgIpc) is 2.86. The zero-order chi connectivity index (χ0) is 25.9. The number of anilines is 1. The van der Waals surface area contributed by atoms with Crippen molar-refractivity contribution >= 4 is 42.6 Å². The fraction of sp³-hybridized carbons (Fsp3) is 0.481. The number of halogens is 1. The van der Waals surface area contributed by atoms with Crippen LogP contribution in [0.2, 0.25) is 5.02 Å². The first-order valence-electron chi connectivity index (χ1n) is 12.4. The van der Waals surface area contributed by atoms with Gasteiger partial charge in [0.25, 0.3) is 11.8 Å². The van der Waals surface area contributed by atoms with E-state index < -0.39 is 5.60 Å². The Hall–Kier alpha value is -2.30. The number of hydrogen-bond acceptors (Lipinski definition) is 6. The maximum absolute atomic E-state index is 13.0. The number of amides is 2. The fourth-order valence-corrected chi connectivity index (χ4v) is 5.26. The predicted octanol–water partition coefficient (Wildman–Crippen LogP) is 2.51. The molecule has 1 atom stereocenters. The van der Waals surface area contributed by atoms with E-state index >= 15 is 0 Å². The molecule has 2 heterocycles. The molecule has 0 radical (unpaired) electrons. The minimum absolute atomic E-state index is 0. The zero-order valence-electron chi connectivity index (χ0n) is 21.4. The van der Waals surface area contributed by atoms with Crippen molar-refractivity contribution in [1.82, 2.24) is 14.7 Å². The Morgan fingerprint density at radius 1 is 1.14 bits per heavy atom. The van der Waals surface area contributed by atoms with Crippen molar-refractivity contribution < 1.29 is 19.8 Å². The highest BCUT2D eigenvalue weighted by Crippen LogP contribution is 2.29. The molecule has 2 saturated heterocycles. The molecular weight excluding hydrogens is 512 g/mol. The number of carbonyl (C=O) groups excluding carboxylic acids is 2. The van der Waals surface area contributed by atoms with Crippen molar-refractivity contribution in [2.45, 2.75) is 37.5 Å². The van der Waals surface area contributed by atoms with Crippen LogP contribution in [0.3, 0.4) is 0 Å². The van der Waals surface area contributed by atoms with Crippen molar-refractivity contribution in [2.75, 3.05) is 51.7 Å². The lowest BCUT2D eigenvalue weighted by atomic mass is 9.92. The Balaban J connectivity index is 0.00000380. The van der Waals surface area contributed by atoms with Crippen LogP contribution < -0.4 is 5.32 Å². The van der Waals surface area contributed by atoms with E-state index in [0.717, 1.165) is 31.6 Å². The molecule has 2 fully saturated rings. The van der Waals surface area contributed by atoms with Crippen LogP contribution in [0.4, 0.5) is 5.69 Å². The van der Waals surface area contributed by atoms with Crippen LogP contribution in [0.1, 0.15) is 35.7 Å². The smallest absolute Gasteiger partial charge is 0.258 e. The zero-order valence-corrected chi connectivity index (χ0v) is 23.1. The van der Waals surface area contributed by atoms with Crippen molar-refractivity contribution in [3.05, 3.63) is 64.7 Å². The van der Waals surface area contributed by atoms with E-state index in [0.29, 0.717) is 35.3 Å². The molecule has 2 aromatic rings. The van der Waals surface area contributed by atoms with Crippen LogP contribution >= 0.6 is 25.1 Å². The summed E-state index contributed by atoms with van der Waals surface area (Å²) in [6, 6.07) is 15.2. The van der Waals surface area contributed by atoms with Crippen molar-refractivity contribution in [2.24, 2.45) is 0 Å². The predicted molar refractivity (Wildman–Crippen MR) is 150 cm³/mol. The van der Waals surface area contributed by atoms with Crippen LogP contribution in [0, 0.1) is 0 Å². The molecule has 2 aliphatic rings. The lowest BCUT2D eigenvalue weighted by Crippen LogP contribution is -2.61. The molecule has 3 N–H and O–H groups in total. The summed E-state index contributed by atoms with van der Waals surface area (Å²) in [4.78, 5) is 31.1. The first-order valence-corrected chi connectivity index (χ1v) is 12.8. The highest BCUT2D eigenvalue weighted by molar-refractivity contribution is 7.59. The third-order valence-electron chi connectivity index (χ3n) is 7.28.